The van der Waals surface area contributed by atoms with Gasteiger partial charge in [-0.1, -0.05) is 26.0 Å². The Kier molecular flexibility index (Phi) is 6.73. The second kappa shape index (κ2) is 9.24. The van der Waals surface area contributed by atoms with E-state index in [1.807, 2.05) is 23.7 Å². The lowest BCUT2D eigenvalue weighted by molar-refractivity contribution is 0.0515. The monoisotopic (exact) mass is 385 g/mol. The molecule has 152 valence electrons. The lowest BCUT2D eigenvalue weighted by atomic mass is 10.0. The molecule has 1 aliphatic rings. The predicted molar refractivity (Wildman–Crippen MR) is 108 cm³/mol. The molecule has 0 radical (unpaired) electrons. The van der Waals surface area contributed by atoms with Gasteiger partial charge in [-0.3, -0.25) is 9.58 Å². The molecule has 0 N–H and O–H groups in total. The van der Waals surface area contributed by atoms with Crippen molar-refractivity contribution in [3.8, 4) is 5.75 Å². The fourth-order valence-electron chi connectivity index (χ4n) is 3.60. The molecule has 28 heavy (non-hydrogen) atoms. The zero-order valence-corrected chi connectivity index (χ0v) is 17.4. The van der Waals surface area contributed by atoms with Crippen LogP contribution in [0.5, 0.6) is 5.75 Å². The smallest absolute Gasteiger partial charge is 0.359 e. The molecule has 0 saturated heterocycles. The van der Waals surface area contributed by atoms with Crippen molar-refractivity contribution in [2.24, 2.45) is 5.92 Å². The summed E-state index contributed by atoms with van der Waals surface area (Å²) < 4.78 is 12.5. The summed E-state index contributed by atoms with van der Waals surface area (Å²) in [6, 6.07) is 8.15. The average Bonchev–Trinajstić information content (AvgIpc) is 3.05. The fourth-order valence-corrected chi connectivity index (χ4v) is 3.60. The summed E-state index contributed by atoms with van der Waals surface area (Å²) >= 11 is 0. The van der Waals surface area contributed by atoms with Crippen LogP contribution in [0, 0.1) is 5.92 Å². The molecule has 2 heterocycles. The molecular formula is C22H31N3O3. The van der Waals surface area contributed by atoms with Crippen LogP contribution in [0.2, 0.25) is 0 Å². The van der Waals surface area contributed by atoms with Crippen molar-refractivity contribution < 1.29 is 14.3 Å². The Morgan fingerprint density at radius 1 is 1.25 bits per heavy atom. The Bertz CT molecular complexity index is 796. The number of carbonyl (C=O) groups is 1. The van der Waals surface area contributed by atoms with E-state index >= 15 is 0 Å². The van der Waals surface area contributed by atoms with Crippen LogP contribution in [0.25, 0.3) is 0 Å². The van der Waals surface area contributed by atoms with E-state index in [4.69, 9.17) is 9.47 Å². The summed E-state index contributed by atoms with van der Waals surface area (Å²) in [5.41, 5.74) is 3.94. The van der Waals surface area contributed by atoms with E-state index in [0.717, 1.165) is 50.3 Å². The predicted octanol–water partition coefficient (Wildman–Crippen LogP) is 3.67. The van der Waals surface area contributed by atoms with Gasteiger partial charge in [0.1, 0.15) is 5.75 Å². The maximum absolute atomic E-state index is 12.5. The molecule has 3 rings (SSSR count). The number of carbonyl (C=O) groups excluding carboxylic acids is 1. The highest BCUT2D eigenvalue weighted by molar-refractivity contribution is 5.89. The third kappa shape index (κ3) is 4.73. The topological polar surface area (TPSA) is 56.6 Å². The minimum absolute atomic E-state index is 0.312. The number of nitrogens with zero attached hydrogens (tertiary/aromatic N) is 3. The number of hydrogen-bond acceptors (Lipinski definition) is 5. The van der Waals surface area contributed by atoms with E-state index in [-0.39, 0.29) is 5.97 Å². The third-order valence-corrected chi connectivity index (χ3v) is 5.17. The van der Waals surface area contributed by atoms with Gasteiger partial charge in [0.15, 0.2) is 5.69 Å². The van der Waals surface area contributed by atoms with Gasteiger partial charge in [0.25, 0.3) is 0 Å². The van der Waals surface area contributed by atoms with Crippen LogP contribution >= 0.6 is 0 Å². The zero-order chi connectivity index (χ0) is 20.1. The third-order valence-electron chi connectivity index (χ3n) is 5.17. The first-order chi connectivity index (χ1) is 13.5. The quantitative estimate of drug-likeness (QED) is 0.649. The summed E-state index contributed by atoms with van der Waals surface area (Å²) in [7, 11) is 1.68. The van der Waals surface area contributed by atoms with E-state index in [0.29, 0.717) is 18.2 Å². The fraction of sp³-hybridized carbons (Fsp3) is 0.545. The van der Waals surface area contributed by atoms with Gasteiger partial charge in [0.2, 0.25) is 0 Å². The highest BCUT2D eigenvalue weighted by Crippen LogP contribution is 2.26. The summed E-state index contributed by atoms with van der Waals surface area (Å²) in [5, 5.41) is 4.65. The van der Waals surface area contributed by atoms with Crippen molar-refractivity contribution in [3.05, 3.63) is 46.8 Å². The molecule has 0 spiro atoms. The molecule has 1 aliphatic heterocycles. The van der Waals surface area contributed by atoms with Crippen LogP contribution in [-0.4, -0.2) is 40.9 Å². The highest BCUT2D eigenvalue weighted by atomic mass is 16.5. The number of methoxy groups -OCH3 is 1. The molecule has 1 aromatic heterocycles. The Balaban J connectivity index is 1.79. The van der Waals surface area contributed by atoms with Gasteiger partial charge in [-0.15, -0.1) is 0 Å². The second-order valence-corrected chi connectivity index (χ2v) is 7.71. The lowest BCUT2D eigenvalue weighted by Gasteiger charge is -2.27. The van der Waals surface area contributed by atoms with Crippen LogP contribution in [0.3, 0.4) is 0 Å². The molecule has 1 aromatic carbocycles. The highest BCUT2D eigenvalue weighted by Gasteiger charge is 2.28. The van der Waals surface area contributed by atoms with E-state index in [1.165, 1.54) is 11.3 Å². The molecule has 0 saturated carbocycles. The molecule has 0 bridgehead atoms. The first-order valence-corrected chi connectivity index (χ1v) is 10.1. The van der Waals surface area contributed by atoms with E-state index in [9.17, 15) is 4.79 Å². The Labute approximate surface area is 167 Å². The van der Waals surface area contributed by atoms with Gasteiger partial charge in [-0.05, 0) is 37.0 Å². The number of aryl methyl sites for hydroxylation is 1. The number of hydrogen-bond donors (Lipinski definition) is 0. The molecule has 0 amide bonds. The molecule has 2 aromatic rings. The summed E-state index contributed by atoms with van der Waals surface area (Å²) in [6.45, 7) is 9.96. The number of esters is 1. The normalized spacial score (nSPS) is 14.2. The van der Waals surface area contributed by atoms with Crippen LogP contribution in [0.1, 0.15) is 54.5 Å². The van der Waals surface area contributed by atoms with Crippen molar-refractivity contribution in [1.82, 2.24) is 14.7 Å². The van der Waals surface area contributed by atoms with E-state index in [2.05, 4.69) is 36.0 Å². The van der Waals surface area contributed by atoms with Crippen molar-refractivity contribution in [1.29, 1.82) is 0 Å². The number of benzene rings is 1. The maximum Gasteiger partial charge on any atom is 0.359 e. The van der Waals surface area contributed by atoms with E-state index in [1.54, 1.807) is 7.11 Å². The minimum atomic E-state index is -0.312. The molecule has 0 aliphatic carbocycles. The van der Waals surface area contributed by atoms with Gasteiger partial charge >= 0.3 is 5.97 Å². The Hall–Kier alpha value is -2.34. The number of rotatable bonds is 8. The molecule has 6 nitrogen and oxygen atoms in total. The number of ether oxygens (including phenoxy) is 2. The van der Waals surface area contributed by atoms with Crippen molar-refractivity contribution in [2.75, 3.05) is 20.3 Å². The Morgan fingerprint density at radius 3 is 2.64 bits per heavy atom. The molecule has 0 unspecified atom stereocenters. The largest absolute Gasteiger partial charge is 0.497 e. The summed E-state index contributed by atoms with van der Waals surface area (Å²) in [6.07, 6.45) is 1.95. The van der Waals surface area contributed by atoms with Gasteiger partial charge < -0.3 is 9.47 Å². The van der Waals surface area contributed by atoms with Crippen LogP contribution < -0.4 is 4.74 Å². The minimum Gasteiger partial charge on any atom is -0.497 e. The summed E-state index contributed by atoms with van der Waals surface area (Å²) in [5.74, 6) is 1.15. The van der Waals surface area contributed by atoms with Crippen molar-refractivity contribution >= 4 is 5.97 Å². The van der Waals surface area contributed by atoms with Gasteiger partial charge in [-0.25, -0.2) is 4.79 Å². The van der Waals surface area contributed by atoms with Gasteiger partial charge in [0.05, 0.1) is 13.7 Å². The Morgan fingerprint density at radius 2 is 2.00 bits per heavy atom. The number of aromatic nitrogens is 2. The first-order valence-electron chi connectivity index (χ1n) is 10.1. The SMILES string of the molecule is CCOC(=O)c1nn(CCC(C)C)c2c1CN(Cc1ccc(OC)cc1)CC2. The van der Waals surface area contributed by atoms with E-state index < -0.39 is 0 Å². The van der Waals surface area contributed by atoms with Crippen molar-refractivity contribution in [3.63, 3.8) is 0 Å². The standard InChI is InChI=1S/C22H31N3O3/c1-5-28-22(26)21-19-15-24(14-17-6-8-18(27-4)9-7-17)12-11-20(19)25(23-21)13-10-16(2)3/h6-9,16H,5,10-15H2,1-4H3. The summed E-state index contributed by atoms with van der Waals surface area (Å²) in [4.78, 5) is 14.8. The zero-order valence-electron chi connectivity index (χ0n) is 17.4. The molecular weight excluding hydrogens is 354 g/mol. The second-order valence-electron chi connectivity index (χ2n) is 7.71. The van der Waals surface area contributed by atoms with Crippen molar-refractivity contribution in [2.45, 2.75) is 53.2 Å². The lowest BCUT2D eigenvalue weighted by Crippen LogP contribution is -2.31. The van der Waals surface area contributed by atoms with Crippen LogP contribution in [-0.2, 0) is 30.8 Å². The molecule has 0 fully saturated rings. The molecule has 6 heteroatoms. The van der Waals surface area contributed by atoms with Crippen LogP contribution in [0.15, 0.2) is 24.3 Å². The first kappa shape index (κ1) is 20.4. The van der Waals surface area contributed by atoms with Gasteiger partial charge in [0, 0.05) is 43.9 Å². The molecule has 0 atom stereocenters. The van der Waals surface area contributed by atoms with Gasteiger partial charge in [-0.2, -0.15) is 5.10 Å². The number of fused-ring (bicyclic) bond motifs is 1. The maximum atomic E-state index is 12.5. The van der Waals surface area contributed by atoms with Crippen LogP contribution in [0.4, 0.5) is 0 Å². The average molecular weight is 386 g/mol.